The lowest BCUT2D eigenvalue weighted by Crippen LogP contribution is -2.43. The summed E-state index contributed by atoms with van der Waals surface area (Å²) in [4.78, 5) is 14.0. The Morgan fingerprint density at radius 1 is 1.47 bits per heavy atom. The van der Waals surface area contributed by atoms with Gasteiger partial charge in [-0.3, -0.25) is 4.79 Å². The number of carbonyl (C=O) groups is 1. The second-order valence-electron chi connectivity index (χ2n) is 4.29. The molecule has 0 aromatic rings. The van der Waals surface area contributed by atoms with Crippen LogP contribution in [0.5, 0.6) is 0 Å². The Bertz CT molecular complexity index is 205. The van der Waals surface area contributed by atoms with E-state index in [1.165, 1.54) is 25.9 Å². The summed E-state index contributed by atoms with van der Waals surface area (Å²) >= 11 is 3.36. The molecule has 1 aliphatic rings. The minimum atomic E-state index is -0.0430. The summed E-state index contributed by atoms with van der Waals surface area (Å²) in [6.07, 6.45) is 3.44. The largest absolute Gasteiger partial charge is 0.351 e. The van der Waals surface area contributed by atoms with Gasteiger partial charge in [0.1, 0.15) is 0 Å². The van der Waals surface area contributed by atoms with E-state index in [-0.39, 0.29) is 16.8 Å². The summed E-state index contributed by atoms with van der Waals surface area (Å²) < 4.78 is 0. The highest BCUT2D eigenvalue weighted by atomic mass is 79.9. The molecule has 0 aromatic carbocycles. The zero-order valence-corrected chi connectivity index (χ0v) is 11.2. The van der Waals surface area contributed by atoms with Crippen LogP contribution < -0.4 is 5.32 Å². The molecule has 0 spiro atoms. The third kappa shape index (κ3) is 4.51. The van der Waals surface area contributed by atoms with Crippen molar-refractivity contribution in [3.63, 3.8) is 0 Å². The first kappa shape index (κ1) is 13.0. The fourth-order valence-corrected chi connectivity index (χ4v) is 2.05. The number of carbonyl (C=O) groups excluding carboxylic acids is 1. The van der Waals surface area contributed by atoms with E-state index in [0.29, 0.717) is 0 Å². The van der Waals surface area contributed by atoms with Crippen molar-refractivity contribution in [1.29, 1.82) is 0 Å². The number of hydrogen-bond acceptors (Lipinski definition) is 2. The number of nitrogens with one attached hydrogen (secondary N) is 1. The Kier molecular flexibility index (Phi) is 5.61. The molecule has 0 bridgehead atoms. The van der Waals surface area contributed by atoms with Gasteiger partial charge in [0.2, 0.25) is 5.91 Å². The molecule has 1 rings (SSSR count). The maximum atomic E-state index is 11.6. The van der Waals surface area contributed by atoms with Crippen molar-refractivity contribution < 1.29 is 4.79 Å². The highest BCUT2D eigenvalue weighted by Gasteiger charge is 2.18. The van der Waals surface area contributed by atoms with Gasteiger partial charge in [-0.1, -0.05) is 22.9 Å². The highest BCUT2D eigenvalue weighted by Crippen LogP contribution is 2.08. The third-order valence-corrected chi connectivity index (χ3v) is 3.83. The second-order valence-corrected chi connectivity index (χ2v) is 5.40. The van der Waals surface area contributed by atoms with Crippen LogP contribution in [0.2, 0.25) is 0 Å². The van der Waals surface area contributed by atoms with Crippen LogP contribution in [-0.2, 0) is 4.79 Å². The van der Waals surface area contributed by atoms with Crippen LogP contribution in [-0.4, -0.2) is 41.3 Å². The summed E-state index contributed by atoms with van der Waals surface area (Å²) in [6, 6.07) is 0.252. The van der Waals surface area contributed by atoms with Gasteiger partial charge in [0.15, 0.2) is 0 Å². The molecule has 1 amide bonds. The smallest absolute Gasteiger partial charge is 0.234 e. The molecule has 1 heterocycles. The fraction of sp³-hybridized carbons (Fsp3) is 0.909. The van der Waals surface area contributed by atoms with E-state index in [2.05, 4.69) is 33.1 Å². The molecule has 1 aliphatic heterocycles. The number of likely N-dealkylation sites (tertiary alicyclic amines) is 1. The van der Waals surface area contributed by atoms with E-state index in [1.54, 1.807) is 0 Å². The third-order valence-electron chi connectivity index (χ3n) is 2.76. The van der Waals surface area contributed by atoms with Crippen LogP contribution in [0.4, 0.5) is 0 Å². The van der Waals surface area contributed by atoms with Crippen LogP contribution >= 0.6 is 15.9 Å². The van der Waals surface area contributed by atoms with Gasteiger partial charge in [-0.25, -0.2) is 0 Å². The summed E-state index contributed by atoms with van der Waals surface area (Å²) in [5.41, 5.74) is 0. The SMILES string of the molecule is CCC(Br)C(=O)NC(C)CN1CCCC1. The van der Waals surface area contributed by atoms with E-state index >= 15 is 0 Å². The zero-order chi connectivity index (χ0) is 11.3. The van der Waals surface area contributed by atoms with E-state index in [4.69, 9.17) is 0 Å². The van der Waals surface area contributed by atoms with E-state index in [0.717, 1.165) is 13.0 Å². The number of rotatable bonds is 5. The van der Waals surface area contributed by atoms with Crippen molar-refractivity contribution in [3.05, 3.63) is 0 Å². The maximum absolute atomic E-state index is 11.6. The van der Waals surface area contributed by atoms with Crippen LogP contribution in [0, 0.1) is 0 Å². The van der Waals surface area contributed by atoms with Crippen LogP contribution in [0.15, 0.2) is 0 Å². The molecule has 0 aliphatic carbocycles. The van der Waals surface area contributed by atoms with E-state index in [1.807, 2.05) is 6.92 Å². The zero-order valence-electron chi connectivity index (χ0n) is 9.63. The predicted octanol–water partition coefficient (Wildman–Crippen LogP) is 1.76. The number of nitrogens with zero attached hydrogens (tertiary/aromatic N) is 1. The summed E-state index contributed by atoms with van der Waals surface area (Å²) in [6.45, 7) is 7.43. The van der Waals surface area contributed by atoms with Gasteiger partial charge in [0.05, 0.1) is 4.83 Å². The Morgan fingerprint density at radius 3 is 2.60 bits per heavy atom. The summed E-state index contributed by atoms with van der Waals surface area (Å²) in [7, 11) is 0. The first-order chi connectivity index (χ1) is 7.13. The van der Waals surface area contributed by atoms with Crippen LogP contribution in [0.1, 0.15) is 33.1 Å². The molecular formula is C11H21BrN2O. The fourth-order valence-electron chi connectivity index (χ4n) is 1.92. The quantitative estimate of drug-likeness (QED) is 0.777. The Morgan fingerprint density at radius 2 is 2.07 bits per heavy atom. The Hall–Kier alpha value is -0.0900. The molecule has 4 heteroatoms. The molecule has 0 radical (unpaired) electrons. The molecule has 1 N–H and O–H groups in total. The van der Waals surface area contributed by atoms with Gasteiger partial charge < -0.3 is 10.2 Å². The van der Waals surface area contributed by atoms with Gasteiger partial charge in [-0.05, 0) is 39.3 Å². The monoisotopic (exact) mass is 276 g/mol. The first-order valence-electron chi connectivity index (χ1n) is 5.80. The molecule has 88 valence electrons. The average molecular weight is 277 g/mol. The Balaban J connectivity index is 2.22. The first-order valence-corrected chi connectivity index (χ1v) is 6.72. The van der Waals surface area contributed by atoms with Crippen molar-refractivity contribution >= 4 is 21.8 Å². The number of halogens is 1. The predicted molar refractivity (Wildman–Crippen MR) is 66.3 cm³/mol. The molecule has 1 saturated heterocycles. The molecule has 0 saturated carbocycles. The van der Waals surface area contributed by atoms with Crippen molar-refractivity contribution in [2.75, 3.05) is 19.6 Å². The lowest BCUT2D eigenvalue weighted by molar-refractivity contribution is -0.121. The highest BCUT2D eigenvalue weighted by molar-refractivity contribution is 9.10. The average Bonchev–Trinajstić information content (AvgIpc) is 2.68. The summed E-state index contributed by atoms with van der Waals surface area (Å²) in [5.74, 6) is 0.115. The minimum Gasteiger partial charge on any atom is -0.351 e. The summed E-state index contributed by atoms with van der Waals surface area (Å²) in [5, 5.41) is 3.03. The van der Waals surface area contributed by atoms with E-state index < -0.39 is 0 Å². The number of alkyl halides is 1. The molecular weight excluding hydrogens is 256 g/mol. The van der Waals surface area contributed by atoms with Crippen molar-refractivity contribution in [3.8, 4) is 0 Å². The number of hydrogen-bond donors (Lipinski definition) is 1. The Labute approximate surface area is 101 Å². The van der Waals surface area contributed by atoms with Gasteiger partial charge in [-0.2, -0.15) is 0 Å². The molecule has 0 aromatic heterocycles. The topological polar surface area (TPSA) is 32.3 Å². The van der Waals surface area contributed by atoms with Crippen molar-refractivity contribution in [1.82, 2.24) is 10.2 Å². The van der Waals surface area contributed by atoms with Crippen molar-refractivity contribution in [2.45, 2.75) is 44.0 Å². The molecule has 3 nitrogen and oxygen atoms in total. The number of amides is 1. The molecule has 1 fully saturated rings. The second kappa shape index (κ2) is 6.48. The lowest BCUT2D eigenvalue weighted by atomic mass is 10.2. The maximum Gasteiger partial charge on any atom is 0.234 e. The normalized spacial score (nSPS) is 21.3. The van der Waals surface area contributed by atoms with Gasteiger partial charge in [0.25, 0.3) is 0 Å². The molecule has 2 unspecified atom stereocenters. The van der Waals surface area contributed by atoms with Gasteiger partial charge >= 0.3 is 0 Å². The van der Waals surface area contributed by atoms with Crippen molar-refractivity contribution in [2.24, 2.45) is 0 Å². The standard InChI is InChI=1S/C11H21BrN2O/c1-3-10(12)11(15)13-9(2)8-14-6-4-5-7-14/h9-10H,3-8H2,1-2H3,(H,13,15). The van der Waals surface area contributed by atoms with Crippen LogP contribution in [0.3, 0.4) is 0 Å². The van der Waals surface area contributed by atoms with Gasteiger partial charge in [0, 0.05) is 12.6 Å². The molecule has 2 atom stereocenters. The lowest BCUT2D eigenvalue weighted by Gasteiger charge is -2.22. The van der Waals surface area contributed by atoms with Crippen LogP contribution in [0.25, 0.3) is 0 Å². The minimum absolute atomic E-state index is 0.0430. The van der Waals surface area contributed by atoms with Gasteiger partial charge in [-0.15, -0.1) is 0 Å². The molecule has 15 heavy (non-hydrogen) atoms. The van der Waals surface area contributed by atoms with E-state index in [9.17, 15) is 4.79 Å².